The van der Waals surface area contributed by atoms with E-state index in [4.69, 9.17) is 0 Å². The molecule has 0 radical (unpaired) electrons. The van der Waals surface area contributed by atoms with E-state index in [2.05, 4.69) is 9.47 Å². The fourth-order valence-corrected chi connectivity index (χ4v) is 2.45. The Morgan fingerprint density at radius 2 is 0.906 bits per heavy atom. The molecule has 1 aliphatic carbocycles. The first-order valence-electron chi connectivity index (χ1n) is 7.59. The fraction of sp³-hybridized carbons (Fsp3) is 0.600. The smallest absolute Gasteiger partial charge is 0.460 e. The Hall–Kier alpha value is -2.49. The van der Waals surface area contributed by atoms with Crippen molar-refractivity contribution in [3.8, 4) is 0 Å². The molecule has 32 heavy (non-hydrogen) atoms. The predicted molar refractivity (Wildman–Crippen MR) is 74.5 cm³/mol. The van der Waals surface area contributed by atoms with Gasteiger partial charge in [0.2, 0.25) is 23.1 Å². The first kappa shape index (κ1) is 27.5. The average Bonchev–Trinajstić information content (AvgIpc) is 2.62. The molecule has 0 aromatic rings. The van der Waals surface area contributed by atoms with Crippen molar-refractivity contribution in [1.29, 1.82) is 0 Å². The number of hydrogen-bond donors (Lipinski definition) is 0. The molecule has 0 aromatic carbocycles. The normalized spacial score (nSPS) is 17.9. The minimum atomic E-state index is -8.14. The lowest BCUT2D eigenvalue weighted by Gasteiger charge is -2.40. The third-order valence-electron chi connectivity index (χ3n) is 4.22. The molecule has 0 spiro atoms. The Balaban J connectivity index is 3.81. The van der Waals surface area contributed by atoms with Gasteiger partial charge in [0.15, 0.2) is 0 Å². The summed E-state index contributed by atoms with van der Waals surface area (Å²) in [5.74, 6) is -45.9. The Kier molecular flexibility index (Phi) is 6.49. The highest BCUT2D eigenvalue weighted by Gasteiger charge is 2.91. The van der Waals surface area contributed by atoms with E-state index in [1.54, 1.807) is 0 Å². The van der Waals surface area contributed by atoms with Crippen molar-refractivity contribution in [3.63, 3.8) is 0 Å². The summed E-state index contributed by atoms with van der Waals surface area (Å²) in [7, 11) is 1.14. The summed E-state index contributed by atoms with van der Waals surface area (Å²) >= 11 is 0. The van der Waals surface area contributed by atoms with Gasteiger partial charge in [-0.1, -0.05) is 0 Å². The number of Topliss-reactive ketones (excluding diaryl/α,β-unsaturated/α-hetero) is 2. The number of hydrogen-bond acceptors (Lipinski definition) is 4. The van der Waals surface area contributed by atoms with E-state index in [0.29, 0.717) is 14.2 Å². The van der Waals surface area contributed by atoms with Crippen molar-refractivity contribution in [1.82, 2.24) is 0 Å². The molecule has 0 bridgehead atoms. The SMILES string of the molecule is COC1=C(OC)C(=O)C(C(F)(F)C(F)(F)C(F)(F)C(F)(F)C(F)(F)C(F)(F)F)=C(C)C1=O. The number of rotatable bonds is 7. The minimum Gasteiger partial charge on any atom is -0.489 e. The highest BCUT2D eigenvalue weighted by Crippen LogP contribution is 2.61. The molecule has 0 saturated heterocycles. The molecule has 0 N–H and O–H groups in total. The molecule has 0 unspecified atom stereocenters. The van der Waals surface area contributed by atoms with Crippen LogP contribution in [-0.4, -0.2) is 61.6 Å². The molecule has 0 saturated carbocycles. The van der Waals surface area contributed by atoms with Gasteiger partial charge in [-0.05, 0) is 6.92 Å². The molecule has 184 valence electrons. The summed E-state index contributed by atoms with van der Waals surface area (Å²) in [6.45, 7) is 0.158. The highest BCUT2D eigenvalue weighted by atomic mass is 19.4. The Labute approximate surface area is 168 Å². The maximum atomic E-state index is 14.4. The Bertz CT molecular complexity index is 880. The van der Waals surface area contributed by atoms with Crippen LogP contribution < -0.4 is 0 Å². The molecule has 1 aliphatic rings. The molecular weight excluding hydrogens is 491 g/mol. The van der Waals surface area contributed by atoms with E-state index in [-0.39, 0.29) is 6.92 Å². The van der Waals surface area contributed by atoms with Crippen molar-refractivity contribution in [2.45, 2.75) is 42.7 Å². The highest BCUT2D eigenvalue weighted by molar-refractivity contribution is 6.24. The molecular formula is C15H9F13O4. The third-order valence-corrected chi connectivity index (χ3v) is 4.22. The fourth-order valence-electron chi connectivity index (χ4n) is 2.45. The van der Waals surface area contributed by atoms with Crippen molar-refractivity contribution in [2.24, 2.45) is 0 Å². The second-order valence-electron chi connectivity index (χ2n) is 6.09. The lowest BCUT2D eigenvalue weighted by Crippen LogP contribution is -2.70. The van der Waals surface area contributed by atoms with Gasteiger partial charge in [-0.25, -0.2) is 0 Å². The van der Waals surface area contributed by atoms with Crippen LogP contribution in [0, 0.1) is 0 Å². The number of ketones is 2. The number of carbonyl (C=O) groups excluding carboxylic acids is 2. The number of alkyl halides is 13. The van der Waals surface area contributed by atoms with Gasteiger partial charge in [-0.15, -0.1) is 0 Å². The maximum Gasteiger partial charge on any atom is 0.460 e. The van der Waals surface area contributed by atoms with Crippen molar-refractivity contribution >= 4 is 11.6 Å². The van der Waals surface area contributed by atoms with Crippen LogP contribution in [-0.2, 0) is 19.1 Å². The number of methoxy groups -OCH3 is 2. The van der Waals surface area contributed by atoms with Crippen molar-refractivity contribution in [3.05, 3.63) is 22.7 Å². The first-order valence-corrected chi connectivity index (χ1v) is 7.59. The maximum absolute atomic E-state index is 14.4. The van der Waals surface area contributed by atoms with Gasteiger partial charge < -0.3 is 9.47 Å². The van der Waals surface area contributed by atoms with Crippen molar-refractivity contribution in [2.75, 3.05) is 14.2 Å². The summed E-state index contributed by atoms with van der Waals surface area (Å²) in [4.78, 5) is 24.0. The molecule has 0 fully saturated rings. The lowest BCUT2D eigenvalue weighted by atomic mass is 9.83. The van der Waals surface area contributed by atoms with Gasteiger partial charge in [0.05, 0.1) is 19.8 Å². The van der Waals surface area contributed by atoms with Gasteiger partial charge in [0.1, 0.15) is 0 Å². The molecule has 0 amide bonds. The molecule has 0 aliphatic heterocycles. The average molecular weight is 500 g/mol. The topological polar surface area (TPSA) is 52.6 Å². The second kappa shape index (κ2) is 7.54. The van der Waals surface area contributed by atoms with Crippen LogP contribution in [0.15, 0.2) is 22.7 Å². The number of allylic oxidation sites excluding steroid dienone is 2. The molecule has 0 aromatic heterocycles. The van der Waals surface area contributed by atoms with Crippen LogP contribution >= 0.6 is 0 Å². The van der Waals surface area contributed by atoms with Crippen LogP contribution in [0.5, 0.6) is 0 Å². The van der Waals surface area contributed by atoms with E-state index in [9.17, 15) is 66.7 Å². The summed E-state index contributed by atoms with van der Waals surface area (Å²) in [6, 6.07) is 0. The predicted octanol–water partition coefficient (Wildman–Crippen LogP) is 4.70. The summed E-state index contributed by atoms with van der Waals surface area (Å²) < 4.78 is 181. The minimum absolute atomic E-state index is 0.158. The Morgan fingerprint density at radius 1 is 0.562 bits per heavy atom. The van der Waals surface area contributed by atoms with Crippen molar-refractivity contribution < 1.29 is 76.1 Å². The van der Waals surface area contributed by atoms with E-state index >= 15 is 0 Å². The van der Waals surface area contributed by atoms with Crippen LogP contribution in [0.25, 0.3) is 0 Å². The first-order chi connectivity index (χ1) is 14.0. The molecule has 0 atom stereocenters. The monoisotopic (exact) mass is 500 g/mol. The van der Waals surface area contributed by atoms with Crippen LogP contribution in [0.2, 0.25) is 0 Å². The van der Waals surface area contributed by atoms with Gasteiger partial charge in [0, 0.05) is 5.57 Å². The van der Waals surface area contributed by atoms with Gasteiger partial charge in [-0.3, -0.25) is 9.59 Å². The largest absolute Gasteiger partial charge is 0.489 e. The van der Waals surface area contributed by atoms with Gasteiger partial charge in [-0.2, -0.15) is 57.1 Å². The molecule has 4 nitrogen and oxygen atoms in total. The third kappa shape index (κ3) is 3.30. The Morgan fingerprint density at radius 3 is 1.25 bits per heavy atom. The number of carbonyl (C=O) groups is 2. The lowest BCUT2D eigenvalue weighted by molar-refractivity contribution is -0.436. The summed E-state index contributed by atoms with van der Waals surface area (Å²) in [6.07, 6.45) is -7.57. The summed E-state index contributed by atoms with van der Waals surface area (Å²) in [5.41, 5.74) is -4.69. The zero-order valence-corrected chi connectivity index (χ0v) is 15.5. The van der Waals surface area contributed by atoms with Crippen LogP contribution in [0.3, 0.4) is 0 Å². The number of halogens is 13. The van der Waals surface area contributed by atoms with Crippen LogP contribution in [0.4, 0.5) is 57.1 Å². The van der Waals surface area contributed by atoms with Gasteiger partial charge in [0.25, 0.3) is 0 Å². The zero-order valence-electron chi connectivity index (χ0n) is 15.5. The standard InChI is InChI=1S/C15H9F13O4/c1-4-5(7(30)9(32-3)8(31-2)6(4)29)10(16,17)11(18,19)12(20,21)13(22,23)14(24,25)15(26,27)28/h1-3H3. The molecule has 17 heteroatoms. The number of ether oxygens (including phenoxy) is 2. The van der Waals surface area contributed by atoms with Gasteiger partial charge >= 0.3 is 35.8 Å². The second-order valence-corrected chi connectivity index (χ2v) is 6.09. The zero-order chi connectivity index (χ0) is 25.9. The quantitative estimate of drug-likeness (QED) is 0.376. The van der Waals surface area contributed by atoms with E-state index in [0.717, 1.165) is 0 Å². The molecule has 1 rings (SSSR count). The van der Waals surface area contributed by atoms with E-state index in [1.807, 2.05) is 0 Å². The van der Waals surface area contributed by atoms with E-state index in [1.165, 1.54) is 0 Å². The van der Waals surface area contributed by atoms with E-state index < -0.39 is 70.0 Å². The molecule has 0 heterocycles. The van der Waals surface area contributed by atoms with Crippen LogP contribution in [0.1, 0.15) is 6.92 Å². The summed E-state index contributed by atoms with van der Waals surface area (Å²) in [5, 5.41) is 0.